The van der Waals surface area contributed by atoms with E-state index in [1.54, 1.807) is 0 Å². The van der Waals surface area contributed by atoms with Crippen molar-refractivity contribution < 1.29 is 0 Å². The molecule has 1 aromatic rings. The summed E-state index contributed by atoms with van der Waals surface area (Å²) in [5.74, 6) is 1.09. The van der Waals surface area contributed by atoms with Gasteiger partial charge in [0.2, 0.25) is 0 Å². The van der Waals surface area contributed by atoms with E-state index in [0.717, 1.165) is 31.9 Å². The van der Waals surface area contributed by atoms with Gasteiger partial charge < -0.3 is 15.5 Å². The predicted octanol–water partition coefficient (Wildman–Crippen LogP) is 0.723. The zero-order valence-corrected chi connectivity index (χ0v) is 10.8. The average Bonchev–Trinajstić information content (AvgIpc) is 2.31. The summed E-state index contributed by atoms with van der Waals surface area (Å²) in [6, 6.07) is 4.79. The second kappa shape index (κ2) is 5.47. The largest absolute Gasteiger partial charge is 0.351 e. The topological polar surface area (TPSA) is 45.4 Å². The summed E-state index contributed by atoms with van der Waals surface area (Å²) in [5.41, 5.74) is 6.76. The minimum absolute atomic E-state index is 0.529. The Kier molecular flexibility index (Phi) is 3.97. The summed E-state index contributed by atoms with van der Waals surface area (Å²) in [6.07, 6.45) is 2.86. The summed E-state index contributed by atoms with van der Waals surface area (Å²) < 4.78 is 0. The zero-order valence-electron chi connectivity index (χ0n) is 10.8. The number of nitrogens with zero attached hydrogens (tertiary/aromatic N) is 3. The van der Waals surface area contributed by atoms with Crippen LogP contribution in [0.3, 0.4) is 0 Å². The molecular weight excluding hydrogens is 212 g/mol. The molecule has 0 bridgehead atoms. The number of nitrogens with two attached hydrogens (primary N) is 1. The van der Waals surface area contributed by atoms with Crippen molar-refractivity contribution in [2.45, 2.75) is 19.4 Å². The Morgan fingerprint density at radius 2 is 2.24 bits per heavy atom. The van der Waals surface area contributed by atoms with Gasteiger partial charge in [0.1, 0.15) is 5.82 Å². The lowest BCUT2D eigenvalue weighted by Gasteiger charge is -2.39. The molecule has 1 aromatic heterocycles. The number of likely N-dealkylation sites (N-methyl/N-ethyl adjacent to an activating group) is 1. The molecule has 2 heterocycles. The summed E-state index contributed by atoms with van der Waals surface area (Å²) in [5, 5.41) is 0. The fourth-order valence-corrected chi connectivity index (χ4v) is 2.38. The van der Waals surface area contributed by atoms with Crippen molar-refractivity contribution in [3.05, 3.63) is 23.9 Å². The Labute approximate surface area is 103 Å². The molecule has 4 heteroatoms. The SMILES string of the molecule is CC1CN(C)CCN1c1ccc(CCN)cn1. The van der Waals surface area contributed by atoms with Gasteiger partial charge in [-0.25, -0.2) is 4.98 Å². The van der Waals surface area contributed by atoms with Gasteiger partial charge >= 0.3 is 0 Å². The lowest BCUT2D eigenvalue weighted by atomic mass is 10.1. The number of pyridine rings is 1. The second-order valence-corrected chi connectivity index (χ2v) is 4.87. The van der Waals surface area contributed by atoms with Gasteiger partial charge in [0.25, 0.3) is 0 Å². The molecule has 1 aliphatic heterocycles. The Balaban J connectivity index is 2.06. The summed E-state index contributed by atoms with van der Waals surface area (Å²) in [7, 11) is 2.17. The van der Waals surface area contributed by atoms with Crippen LogP contribution in [0.15, 0.2) is 18.3 Å². The highest BCUT2D eigenvalue weighted by molar-refractivity contribution is 5.41. The fourth-order valence-electron chi connectivity index (χ4n) is 2.38. The highest BCUT2D eigenvalue weighted by Gasteiger charge is 2.22. The Morgan fingerprint density at radius 3 is 2.82 bits per heavy atom. The van der Waals surface area contributed by atoms with Gasteiger partial charge in [-0.2, -0.15) is 0 Å². The number of aromatic nitrogens is 1. The number of hydrogen-bond donors (Lipinski definition) is 1. The van der Waals surface area contributed by atoms with Crippen LogP contribution >= 0.6 is 0 Å². The number of anilines is 1. The molecular formula is C13H22N4. The van der Waals surface area contributed by atoms with Crippen molar-refractivity contribution in [3.8, 4) is 0 Å². The van der Waals surface area contributed by atoms with Gasteiger partial charge in [0.15, 0.2) is 0 Å². The minimum Gasteiger partial charge on any atom is -0.351 e. The maximum Gasteiger partial charge on any atom is 0.128 e. The van der Waals surface area contributed by atoms with E-state index in [1.807, 2.05) is 6.20 Å². The summed E-state index contributed by atoms with van der Waals surface area (Å²) >= 11 is 0. The molecule has 0 radical (unpaired) electrons. The highest BCUT2D eigenvalue weighted by Crippen LogP contribution is 2.17. The van der Waals surface area contributed by atoms with Crippen LogP contribution in [0, 0.1) is 0 Å². The smallest absolute Gasteiger partial charge is 0.128 e. The van der Waals surface area contributed by atoms with Crippen LogP contribution in [0.4, 0.5) is 5.82 Å². The first-order valence-corrected chi connectivity index (χ1v) is 6.31. The lowest BCUT2D eigenvalue weighted by molar-refractivity contribution is 0.274. The third-order valence-electron chi connectivity index (χ3n) is 3.37. The summed E-state index contributed by atoms with van der Waals surface area (Å²) in [4.78, 5) is 9.29. The van der Waals surface area contributed by atoms with Crippen LogP contribution in [0.25, 0.3) is 0 Å². The molecule has 4 nitrogen and oxygen atoms in total. The maximum atomic E-state index is 5.54. The normalized spacial score (nSPS) is 21.8. The lowest BCUT2D eigenvalue weighted by Crippen LogP contribution is -2.50. The predicted molar refractivity (Wildman–Crippen MR) is 71.3 cm³/mol. The molecule has 1 atom stereocenters. The van der Waals surface area contributed by atoms with Crippen LogP contribution in [0.1, 0.15) is 12.5 Å². The van der Waals surface area contributed by atoms with Crippen molar-refractivity contribution in [2.75, 3.05) is 38.1 Å². The van der Waals surface area contributed by atoms with Gasteiger partial charge in [0, 0.05) is 31.9 Å². The van der Waals surface area contributed by atoms with E-state index >= 15 is 0 Å². The van der Waals surface area contributed by atoms with Gasteiger partial charge in [-0.05, 0) is 38.6 Å². The molecule has 0 amide bonds. The number of piperazine rings is 1. The molecule has 0 saturated carbocycles. The molecule has 1 aliphatic rings. The maximum absolute atomic E-state index is 5.54. The minimum atomic E-state index is 0.529. The molecule has 0 aliphatic carbocycles. The second-order valence-electron chi connectivity index (χ2n) is 4.87. The van der Waals surface area contributed by atoms with Gasteiger partial charge in [0.05, 0.1) is 0 Å². The van der Waals surface area contributed by atoms with Gasteiger partial charge in [-0.15, -0.1) is 0 Å². The van der Waals surface area contributed by atoms with Crippen molar-refractivity contribution in [1.82, 2.24) is 9.88 Å². The molecule has 1 unspecified atom stereocenters. The first kappa shape index (κ1) is 12.3. The monoisotopic (exact) mass is 234 g/mol. The van der Waals surface area contributed by atoms with E-state index in [4.69, 9.17) is 5.73 Å². The fraction of sp³-hybridized carbons (Fsp3) is 0.615. The van der Waals surface area contributed by atoms with Gasteiger partial charge in [-0.1, -0.05) is 6.07 Å². The molecule has 94 valence electrons. The van der Waals surface area contributed by atoms with Gasteiger partial charge in [-0.3, -0.25) is 0 Å². The van der Waals surface area contributed by atoms with Crippen molar-refractivity contribution in [2.24, 2.45) is 5.73 Å². The van der Waals surface area contributed by atoms with Crippen LogP contribution in [0.2, 0.25) is 0 Å². The Bertz CT molecular complexity index is 349. The third kappa shape index (κ3) is 2.96. The van der Waals surface area contributed by atoms with E-state index in [-0.39, 0.29) is 0 Å². The van der Waals surface area contributed by atoms with Crippen molar-refractivity contribution in [1.29, 1.82) is 0 Å². The van der Waals surface area contributed by atoms with E-state index in [2.05, 4.69) is 40.9 Å². The number of rotatable bonds is 3. The molecule has 2 rings (SSSR count). The van der Waals surface area contributed by atoms with Crippen LogP contribution in [0.5, 0.6) is 0 Å². The molecule has 1 fully saturated rings. The Morgan fingerprint density at radius 1 is 1.41 bits per heavy atom. The molecule has 1 saturated heterocycles. The first-order valence-electron chi connectivity index (χ1n) is 6.31. The molecule has 0 spiro atoms. The quantitative estimate of drug-likeness (QED) is 0.837. The van der Waals surface area contributed by atoms with E-state index in [1.165, 1.54) is 5.56 Å². The molecule has 0 aromatic carbocycles. The first-order chi connectivity index (χ1) is 8.20. The van der Waals surface area contributed by atoms with E-state index in [9.17, 15) is 0 Å². The van der Waals surface area contributed by atoms with Crippen LogP contribution in [-0.4, -0.2) is 49.2 Å². The van der Waals surface area contributed by atoms with E-state index < -0.39 is 0 Å². The van der Waals surface area contributed by atoms with Crippen molar-refractivity contribution >= 4 is 5.82 Å². The van der Waals surface area contributed by atoms with Crippen LogP contribution < -0.4 is 10.6 Å². The van der Waals surface area contributed by atoms with Crippen molar-refractivity contribution in [3.63, 3.8) is 0 Å². The number of hydrogen-bond acceptors (Lipinski definition) is 4. The highest BCUT2D eigenvalue weighted by atomic mass is 15.3. The van der Waals surface area contributed by atoms with E-state index in [0.29, 0.717) is 12.6 Å². The molecule has 17 heavy (non-hydrogen) atoms. The summed E-state index contributed by atoms with van der Waals surface area (Å²) in [6.45, 7) is 6.21. The van der Waals surface area contributed by atoms with Crippen LogP contribution in [-0.2, 0) is 6.42 Å². The molecule has 2 N–H and O–H groups in total. The zero-order chi connectivity index (χ0) is 12.3. The average molecular weight is 234 g/mol. The third-order valence-corrected chi connectivity index (χ3v) is 3.37. The standard InChI is InChI=1S/C13H22N4/c1-11-10-16(2)7-8-17(11)13-4-3-12(5-6-14)9-15-13/h3-4,9,11H,5-8,10,14H2,1-2H3. The Hall–Kier alpha value is -1.13.